The molecule has 0 saturated carbocycles. The Morgan fingerprint density at radius 3 is 2.51 bits per heavy atom. The van der Waals surface area contributed by atoms with E-state index < -0.39 is 5.91 Å². The molecule has 5 rings (SSSR count). The lowest BCUT2D eigenvalue weighted by Gasteiger charge is -2.34. The Bertz CT molecular complexity index is 1350. The van der Waals surface area contributed by atoms with E-state index >= 15 is 0 Å². The fraction of sp³-hybridized carbons (Fsp3) is 0.179. The number of carbonyl (C=O) groups excluding carboxylic acids is 2. The fourth-order valence-electron chi connectivity index (χ4n) is 4.56. The largest absolute Gasteiger partial charge is 0.364 e. The van der Waals surface area contributed by atoms with E-state index in [0.717, 1.165) is 51.5 Å². The van der Waals surface area contributed by atoms with Gasteiger partial charge in [-0.15, -0.1) is 11.8 Å². The molecule has 3 N–H and O–H groups in total. The number of amides is 2. The Labute approximate surface area is 208 Å². The molecule has 176 valence electrons. The van der Waals surface area contributed by atoms with Crippen molar-refractivity contribution in [2.75, 3.05) is 16.6 Å². The molecule has 0 saturated heterocycles. The van der Waals surface area contributed by atoms with Gasteiger partial charge in [0.2, 0.25) is 5.91 Å². The van der Waals surface area contributed by atoms with Gasteiger partial charge in [-0.05, 0) is 72.2 Å². The van der Waals surface area contributed by atoms with Crippen molar-refractivity contribution in [3.8, 4) is 0 Å². The lowest BCUT2D eigenvalue weighted by molar-refractivity contribution is -0.115. The average molecular weight is 483 g/mol. The van der Waals surface area contributed by atoms with Crippen LogP contribution in [0.25, 0.3) is 5.70 Å². The van der Waals surface area contributed by atoms with Crippen molar-refractivity contribution in [2.45, 2.75) is 30.6 Å². The zero-order valence-electron chi connectivity index (χ0n) is 19.5. The number of allylic oxidation sites excluding steroid dienone is 1. The van der Waals surface area contributed by atoms with Crippen molar-refractivity contribution in [2.24, 2.45) is 10.8 Å². The number of nitrogens with one attached hydrogen (secondary N) is 1. The minimum atomic E-state index is -0.505. The summed E-state index contributed by atoms with van der Waals surface area (Å²) in [5.74, 6) is -0.571. The zero-order chi connectivity index (χ0) is 24.4. The van der Waals surface area contributed by atoms with E-state index in [1.165, 1.54) is 5.56 Å². The van der Waals surface area contributed by atoms with Gasteiger partial charge in [-0.1, -0.05) is 36.4 Å². The molecule has 3 aromatic rings. The van der Waals surface area contributed by atoms with Crippen molar-refractivity contribution >= 4 is 46.4 Å². The molecule has 0 fully saturated rings. The summed E-state index contributed by atoms with van der Waals surface area (Å²) in [5, 5.41) is 9.53. The van der Waals surface area contributed by atoms with Crippen LogP contribution in [0.4, 0.5) is 11.4 Å². The normalized spacial score (nSPS) is 14.7. The van der Waals surface area contributed by atoms with Gasteiger partial charge < -0.3 is 11.1 Å². The van der Waals surface area contributed by atoms with E-state index in [2.05, 4.69) is 16.5 Å². The van der Waals surface area contributed by atoms with Crippen LogP contribution in [-0.4, -0.2) is 23.8 Å². The van der Waals surface area contributed by atoms with Gasteiger partial charge in [-0.3, -0.25) is 9.59 Å². The fourth-order valence-corrected chi connectivity index (χ4v) is 4.97. The van der Waals surface area contributed by atoms with Gasteiger partial charge in [-0.2, -0.15) is 5.10 Å². The smallest absolute Gasteiger partial charge is 0.265 e. The number of carbonyl (C=O) groups is 2. The topological polar surface area (TPSA) is 87.8 Å². The second-order valence-corrected chi connectivity index (χ2v) is 9.51. The van der Waals surface area contributed by atoms with Crippen molar-refractivity contribution in [1.29, 1.82) is 0 Å². The summed E-state index contributed by atoms with van der Waals surface area (Å²) in [6, 6.07) is 23.8. The standard InChI is InChI=1S/C28H26N4O2S/c1-35-23-13-11-22(12-14-23)32-27-20(16-25(31-32)28(29)34)8-7-19-9-10-21(17-24(19)27)30-26(33)15-18-5-3-2-4-6-18/h2-6,9-14,17H,7-8,15-16H2,1H3,(H2,29,34)(H,30,33). The number of nitrogens with zero attached hydrogens (tertiary/aromatic N) is 2. The summed E-state index contributed by atoms with van der Waals surface area (Å²) in [4.78, 5) is 25.9. The van der Waals surface area contributed by atoms with Crippen LogP contribution in [0.3, 0.4) is 0 Å². The van der Waals surface area contributed by atoms with Crippen LogP contribution in [0.15, 0.2) is 88.4 Å². The average Bonchev–Trinajstić information content (AvgIpc) is 2.88. The Morgan fingerprint density at radius 2 is 1.80 bits per heavy atom. The second kappa shape index (κ2) is 9.80. The SMILES string of the molecule is CSc1ccc(N2N=C(C(N)=O)CC3=C2c2cc(NC(=O)Cc4ccccc4)ccc2CC3)cc1. The number of benzene rings is 3. The number of anilines is 2. The second-order valence-electron chi connectivity index (χ2n) is 8.63. The molecule has 7 heteroatoms. The van der Waals surface area contributed by atoms with Gasteiger partial charge in [0.15, 0.2) is 0 Å². The summed E-state index contributed by atoms with van der Waals surface area (Å²) in [6.45, 7) is 0. The zero-order valence-corrected chi connectivity index (χ0v) is 20.3. The van der Waals surface area contributed by atoms with E-state index in [-0.39, 0.29) is 5.91 Å². The highest BCUT2D eigenvalue weighted by molar-refractivity contribution is 7.98. The first kappa shape index (κ1) is 22.9. The Morgan fingerprint density at radius 1 is 1.03 bits per heavy atom. The van der Waals surface area contributed by atoms with Crippen LogP contribution in [0.5, 0.6) is 0 Å². The van der Waals surface area contributed by atoms with Crippen molar-refractivity contribution in [3.05, 3.63) is 95.1 Å². The van der Waals surface area contributed by atoms with Gasteiger partial charge >= 0.3 is 0 Å². The molecule has 6 nitrogen and oxygen atoms in total. The van der Waals surface area contributed by atoms with E-state index in [4.69, 9.17) is 5.73 Å². The molecule has 2 amide bonds. The van der Waals surface area contributed by atoms with E-state index in [1.807, 2.05) is 78.0 Å². The molecule has 1 heterocycles. The number of nitrogens with two attached hydrogens (primary N) is 1. The number of hydrogen-bond donors (Lipinski definition) is 2. The first-order valence-corrected chi connectivity index (χ1v) is 12.7. The third kappa shape index (κ3) is 4.86. The lowest BCUT2D eigenvalue weighted by Crippen LogP contribution is -2.33. The van der Waals surface area contributed by atoms with E-state index in [9.17, 15) is 9.59 Å². The Kier molecular flexibility index (Phi) is 6.42. The molecular weight excluding hydrogens is 456 g/mol. The first-order valence-electron chi connectivity index (χ1n) is 11.5. The van der Waals surface area contributed by atoms with Gasteiger partial charge in [-0.25, -0.2) is 5.01 Å². The molecule has 1 aliphatic heterocycles. The minimum absolute atomic E-state index is 0.0663. The number of primary amides is 1. The van der Waals surface area contributed by atoms with Crippen LogP contribution < -0.4 is 16.1 Å². The first-order chi connectivity index (χ1) is 17.0. The summed E-state index contributed by atoms with van der Waals surface area (Å²) >= 11 is 1.67. The van der Waals surface area contributed by atoms with Gasteiger partial charge in [0, 0.05) is 22.6 Å². The number of hydrazone groups is 1. The van der Waals surface area contributed by atoms with Gasteiger partial charge in [0.05, 0.1) is 17.8 Å². The number of hydrogen-bond acceptors (Lipinski definition) is 5. The molecule has 0 bridgehead atoms. The number of fused-ring (bicyclic) bond motifs is 2. The molecule has 0 aromatic heterocycles. The Hall–Kier alpha value is -3.84. The van der Waals surface area contributed by atoms with Gasteiger partial charge in [0.1, 0.15) is 5.71 Å². The molecule has 0 spiro atoms. The minimum Gasteiger partial charge on any atom is -0.364 e. The van der Waals surface area contributed by atoms with E-state index in [1.54, 1.807) is 11.8 Å². The van der Waals surface area contributed by atoms with Crippen LogP contribution in [0, 0.1) is 0 Å². The molecule has 3 aromatic carbocycles. The monoisotopic (exact) mass is 482 g/mol. The van der Waals surface area contributed by atoms with Crippen LogP contribution in [0.2, 0.25) is 0 Å². The van der Waals surface area contributed by atoms with Gasteiger partial charge in [0.25, 0.3) is 5.91 Å². The molecule has 35 heavy (non-hydrogen) atoms. The number of rotatable bonds is 6. The molecule has 0 radical (unpaired) electrons. The van der Waals surface area contributed by atoms with Crippen LogP contribution in [0.1, 0.15) is 29.5 Å². The molecular formula is C28H26N4O2S. The highest BCUT2D eigenvalue weighted by Gasteiger charge is 2.31. The number of thioether (sulfide) groups is 1. The summed E-state index contributed by atoms with van der Waals surface area (Å²) in [7, 11) is 0. The maximum absolute atomic E-state index is 12.7. The van der Waals surface area contributed by atoms with Crippen molar-refractivity contribution < 1.29 is 9.59 Å². The quantitative estimate of drug-likeness (QED) is 0.484. The molecule has 0 atom stereocenters. The molecule has 0 unspecified atom stereocenters. The number of aryl methyl sites for hydroxylation is 1. The highest BCUT2D eigenvalue weighted by atomic mass is 32.2. The Balaban J connectivity index is 1.49. The predicted molar refractivity (Wildman–Crippen MR) is 142 cm³/mol. The summed E-state index contributed by atoms with van der Waals surface area (Å²) < 4.78 is 0. The molecule has 2 aliphatic rings. The lowest BCUT2D eigenvalue weighted by atomic mass is 9.85. The molecule has 1 aliphatic carbocycles. The van der Waals surface area contributed by atoms with Crippen LogP contribution in [-0.2, 0) is 22.4 Å². The summed E-state index contributed by atoms with van der Waals surface area (Å²) in [5.41, 5.74) is 12.9. The predicted octanol–water partition coefficient (Wildman–Crippen LogP) is 5.00. The van der Waals surface area contributed by atoms with Crippen LogP contribution >= 0.6 is 11.8 Å². The highest BCUT2D eigenvalue weighted by Crippen LogP contribution is 2.41. The third-order valence-electron chi connectivity index (χ3n) is 6.30. The third-order valence-corrected chi connectivity index (χ3v) is 7.05. The maximum atomic E-state index is 12.7. The maximum Gasteiger partial charge on any atom is 0.265 e. The van der Waals surface area contributed by atoms with Crippen molar-refractivity contribution in [1.82, 2.24) is 0 Å². The van der Waals surface area contributed by atoms with E-state index in [0.29, 0.717) is 18.6 Å². The van der Waals surface area contributed by atoms with Crippen molar-refractivity contribution in [3.63, 3.8) is 0 Å². The summed E-state index contributed by atoms with van der Waals surface area (Å²) in [6.07, 6.45) is 4.47.